The van der Waals surface area contributed by atoms with Crippen molar-refractivity contribution in [3.05, 3.63) is 76.5 Å². The maximum absolute atomic E-state index is 12.1. The highest BCUT2D eigenvalue weighted by Crippen LogP contribution is 2.29. The predicted octanol–water partition coefficient (Wildman–Crippen LogP) is 4.03. The molecule has 7 heteroatoms. The van der Waals surface area contributed by atoms with Gasteiger partial charge < -0.3 is 9.84 Å². The lowest BCUT2D eigenvalue weighted by molar-refractivity contribution is -0.123. The normalized spacial score (nSPS) is 11.1. The van der Waals surface area contributed by atoms with Crippen LogP contribution in [0.2, 0.25) is 0 Å². The van der Waals surface area contributed by atoms with Gasteiger partial charge in [-0.05, 0) is 30.7 Å². The standard InChI is InChI=1S/C21H18N2O4S/c1-14(18-11-12-19(28-18)21(25)26)22-23-20(24)13-27-17-10-6-5-9-16(17)15-7-3-2-4-8-15/h2-12H,13H2,1H3,(H,23,24)(H,25,26)/b22-14-. The highest BCUT2D eigenvalue weighted by Gasteiger charge is 2.10. The highest BCUT2D eigenvalue weighted by atomic mass is 32.1. The van der Waals surface area contributed by atoms with Crippen molar-refractivity contribution >= 4 is 28.9 Å². The molecule has 2 aromatic carbocycles. The van der Waals surface area contributed by atoms with E-state index in [0.29, 0.717) is 16.3 Å². The summed E-state index contributed by atoms with van der Waals surface area (Å²) >= 11 is 1.10. The summed E-state index contributed by atoms with van der Waals surface area (Å²) in [6.07, 6.45) is 0. The number of hydrazone groups is 1. The molecule has 0 saturated heterocycles. The number of carbonyl (C=O) groups is 2. The quantitative estimate of drug-likeness (QED) is 0.468. The van der Waals surface area contributed by atoms with Crippen LogP contribution in [0.5, 0.6) is 5.75 Å². The summed E-state index contributed by atoms with van der Waals surface area (Å²) in [4.78, 5) is 23.9. The Kier molecular flexibility index (Phi) is 6.18. The van der Waals surface area contributed by atoms with Gasteiger partial charge in [-0.3, -0.25) is 4.79 Å². The molecular formula is C21H18N2O4S. The molecule has 2 N–H and O–H groups in total. The Morgan fingerprint density at radius 3 is 2.39 bits per heavy atom. The molecule has 0 spiro atoms. The molecule has 3 aromatic rings. The molecule has 0 radical (unpaired) electrons. The van der Waals surface area contributed by atoms with Gasteiger partial charge in [0.05, 0.1) is 10.6 Å². The predicted molar refractivity (Wildman–Crippen MR) is 109 cm³/mol. The van der Waals surface area contributed by atoms with Crippen LogP contribution in [0, 0.1) is 0 Å². The third-order valence-electron chi connectivity index (χ3n) is 3.85. The van der Waals surface area contributed by atoms with Crippen LogP contribution >= 0.6 is 11.3 Å². The molecule has 0 unspecified atom stereocenters. The summed E-state index contributed by atoms with van der Waals surface area (Å²) in [5, 5.41) is 13.0. The number of carboxylic acids is 1. The second kappa shape index (κ2) is 8.96. The zero-order valence-electron chi connectivity index (χ0n) is 15.1. The van der Waals surface area contributed by atoms with Crippen molar-refractivity contribution in [2.75, 3.05) is 6.61 Å². The van der Waals surface area contributed by atoms with E-state index in [4.69, 9.17) is 9.84 Å². The van der Waals surface area contributed by atoms with Crippen molar-refractivity contribution in [2.24, 2.45) is 5.10 Å². The zero-order chi connectivity index (χ0) is 19.9. The number of para-hydroxylation sites is 1. The number of hydrogen-bond acceptors (Lipinski definition) is 5. The lowest BCUT2D eigenvalue weighted by Crippen LogP contribution is -2.25. The van der Waals surface area contributed by atoms with Crippen LogP contribution in [-0.2, 0) is 4.79 Å². The third-order valence-corrected chi connectivity index (χ3v) is 5.03. The number of thiophene rings is 1. The monoisotopic (exact) mass is 394 g/mol. The summed E-state index contributed by atoms with van der Waals surface area (Å²) in [6.45, 7) is 1.51. The van der Waals surface area contributed by atoms with Crippen LogP contribution in [-0.4, -0.2) is 29.3 Å². The van der Waals surface area contributed by atoms with E-state index >= 15 is 0 Å². The van der Waals surface area contributed by atoms with Crippen molar-refractivity contribution in [3.8, 4) is 16.9 Å². The highest BCUT2D eigenvalue weighted by molar-refractivity contribution is 7.15. The number of carbonyl (C=O) groups excluding carboxylic acids is 1. The lowest BCUT2D eigenvalue weighted by Gasteiger charge is -2.11. The van der Waals surface area contributed by atoms with E-state index in [1.54, 1.807) is 13.0 Å². The molecule has 142 valence electrons. The lowest BCUT2D eigenvalue weighted by atomic mass is 10.1. The summed E-state index contributed by atoms with van der Waals surface area (Å²) in [5.74, 6) is -0.787. The first-order valence-electron chi connectivity index (χ1n) is 8.48. The number of amides is 1. The molecule has 1 heterocycles. The number of rotatable bonds is 7. The van der Waals surface area contributed by atoms with Crippen molar-refractivity contribution in [1.29, 1.82) is 0 Å². The van der Waals surface area contributed by atoms with Gasteiger partial charge in [-0.2, -0.15) is 5.10 Å². The van der Waals surface area contributed by atoms with E-state index in [-0.39, 0.29) is 11.5 Å². The number of nitrogens with zero attached hydrogens (tertiary/aromatic N) is 1. The molecule has 0 saturated carbocycles. The van der Waals surface area contributed by atoms with Crippen LogP contribution in [0.25, 0.3) is 11.1 Å². The Balaban J connectivity index is 1.61. The van der Waals surface area contributed by atoms with Gasteiger partial charge in [0.25, 0.3) is 5.91 Å². The van der Waals surface area contributed by atoms with E-state index < -0.39 is 11.9 Å². The van der Waals surface area contributed by atoms with Crippen LogP contribution in [0.15, 0.2) is 71.8 Å². The number of carboxylic acid groups (broad SMARTS) is 1. The first kappa shape index (κ1) is 19.3. The molecule has 1 amide bonds. The maximum atomic E-state index is 12.1. The van der Waals surface area contributed by atoms with E-state index in [9.17, 15) is 9.59 Å². The first-order valence-corrected chi connectivity index (χ1v) is 9.30. The van der Waals surface area contributed by atoms with Gasteiger partial charge >= 0.3 is 5.97 Å². The molecule has 6 nitrogen and oxygen atoms in total. The molecule has 0 bridgehead atoms. The number of ether oxygens (including phenoxy) is 1. The SMILES string of the molecule is C/C(=N/NC(=O)COc1ccccc1-c1ccccc1)c1ccc(C(=O)O)s1. The average molecular weight is 394 g/mol. The largest absolute Gasteiger partial charge is 0.483 e. The molecule has 0 aliphatic carbocycles. The number of nitrogens with one attached hydrogen (secondary N) is 1. The number of benzene rings is 2. The first-order chi connectivity index (χ1) is 13.5. The summed E-state index contributed by atoms with van der Waals surface area (Å²) < 4.78 is 5.67. The zero-order valence-corrected chi connectivity index (χ0v) is 15.9. The van der Waals surface area contributed by atoms with E-state index in [2.05, 4.69) is 10.5 Å². The maximum Gasteiger partial charge on any atom is 0.345 e. The fourth-order valence-corrected chi connectivity index (χ4v) is 3.26. The Morgan fingerprint density at radius 1 is 1.00 bits per heavy atom. The molecular weight excluding hydrogens is 376 g/mol. The number of aromatic carboxylic acids is 1. The molecule has 0 aliphatic heterocycles. The molecule has 0 aliphatic rings. The van der Waals surface area contributed by atoms with Crippen LogP contribution in [0.1, 0.15) is 21.5 Å². The minimum Gasteiger partial charge on any atom is -0.483 e. The Labute approximate surface area is 166 Å². The topological polar surface area (TPSA) is 88.0 Å². The summed E-state index contributed by atoms with van der Waals surface area (Å²) in [5.41, 5.74) is 4.85. The molecule has 1 aromatic heterocycles. The smallest absolute Gasteiger partial charge is 0.345 e. The van der Waals surface area contributed by atoms with Gasteiger partial charge in [0.15, 0.2) is 6.61 Å². The Bertz CT molecular complexity index is 1010. The van der Waals surface area contributed by atoms with E-state index in [1.165, 1.54) is 6.07 Å². The number of hydrogen-bond donors (Lipinski definition) is 2. The fourth-order valence-electron chi connectivity index (χ4n) is 2.47. The molecule has 3 rings (SSSR count). The van der Waals surface area contributed by atoms with E-state index in [1.807, 2.05) is 54.6 Å². The Morgan fingerprint density at radius 2 is 1.68 bits per heavy atom. The average Bonchev–Trinajstić information content (AvgIpc) is 3.22. The van der Waals surface area contributed by atoms with Crippen LogP contribution in [0.3, 0.4) is 0 Å². The second-order valence-corrected chi connectivity index (χ2v) is 6.94. The van der Waals surface area contributed by atoms with Crippen molar-refractivity contribution in [1.82, 2.24) is 5.43 Å². The van der Waals surface area contributed by atoms with Crippen molar-refractivity contribution in [2.45, 2.75) is 6.92 Å². The van der Waals surface area contributed by atoms with Gasteiger partial charge in [-0.1, -0.05) is 48.5 Å². The van der Waals surface area contributed by atoms with Gasteiger partial charge in [0, 0.05) is 5.56 Å². The van der Waals surface area contributed by atoms with Crippen molar-refractivity contribution in [3.63, 3.8) is 0 Å². The third kappa shape index (κ3) is 4.83. The van der Waals surface area contributed by atoms with Gasteiger partial charge in [0.2, 0.25) is 0 Å². The fraction of sp³-hybridized carbons (Fsp3) is 0.0952. The Hall–Kier alpha value is -3.45. The van der Waals surface area contributed by atoms with E-state index in [0.717, 1.165) is 22.5 Å². The van der Waals surface area contributed by atoms with Crippen LogP contribution in [0.4, 0.5) is 0 Å². The second-order valence-electron chi connectivity index (χ2n) is 5.85. The minimum absolute atomic E-state index is 0.189. The van der Waals surface area contributed by atoms with Gasteiger partial charge in [-0.15, -0.1) is 11.3 Å². The minimum atomic E-state index is -0.987. The van der Waals surface area contributed by atoms with Crippen molar-refractivity contribution < 1.29 is 19.4 Å². The van der Waals surface area contributed by atoms with Crippen LogP contribution < -0.4 is 10.2 Å². The van der Waals surface area contributed by atoms with Gasteiger partial charge in [-0.25, -0.2) is 10.2 Å². The molecule has 0 atom stereocenters. The summed E-state index contributed by atoms with van der Waals surface area (Å²) in [6, 6.07) is 20.4. The summed E-state index contributed by atoms with van der Waals surface area (Å²) in [7, 11) is 0. The molecule has 28 heavy (non-hydrogen) atoms. The molecule has 0 fully saturated rings. The van der Waals surface area contributed by atoms with Gasteiger partial charge in [0.1, 0.15) is 10.6 Å².